The van der Waals surface area contributed by atoms with Crippen molar-refractivity contribution >= 4 is 17.6 Å². The number of rotatable bonds is 1. The minimum Gasteiger partial charge on any atom is -0.506 e. The molecule has 0 aliphatic carbocycles. The number of ether oxygens (including phenoxy) is 1. The Labute approximate surface area is 79.3 Å². The van der Waals surface area contributed by atoms with E-state index in [2.05, 4.69) is 4.74 Å². The molecule has 0 fully saturated rings. The van der Waals surface area contributed by atoms with E-state index >= 15 is 0 Å². The summed E-state index contributed by atoms with van der Waals surface area (Å²) in [5.41, 5.74) is 0.0434. The van der Waals surface area contributed by atoms with E-state index in [9.17, 15) is 4.79 Å². The van der Waals surface area contributed by atoms with Gasteiger partial charge in [0.1, 0.15) is 16.5 Å². The second-order valence-electron chi connectivity index (χ2n) is 2.32. The molecule has 0 radical (unpaired) electrons. The monoisotopic (exact) mass is 202 g/mol. The second kappa shape index (κ2) is 3.53. The smallest absolute Gasteiger partial charge is 0.338 e. The van der Waals surface area contributed by atoms with E-state index in [1.165, 1.54) is 7.11 Å². The molecule has 1 rings (SSSR count). The molecular weight excluding hydrogens is 196 g/mol. The summed E-state index contributed by atoms with van der Waals surface area (Å²) in [5, 5.41) is 18.1. The zero-order valence-corrected chi connectivity index (χ0v) is 7.50. The van der Waals surface area contributed by atoms with E-state index < -0.39 is 5.97 Å². The van der Waals surface area contributed by atoms with Gasteiger partial charge in [-0.1, -0.05) is 11.6 Å². The zero-order valence-electron chi connectivity index (χ0n) is 6.74. The number of phenolic OH excluding ortho intramolecular Hbond substituents is 2. The van der Waals surface area contributed by atoms with Gasteiger partial charge in [-0.3, -0.25) is 0 Å². The van der Waals surface area contributed by atoms with Crippen molar-refractivity contribution in [2.45, 2.75) is 0 Å². The molecule has 0 aromatic heterocycles. The van der Waals surface area contributed by atoms with Crippen LogP contribution in [-0.4, -0.2) is 23.3 Å². The topological polar surface area (TPSA) is 66.8 Å². The van der Waals surface area contributed by atoms with Gasteiger partial charge in [0, 0.05) is 0 Å². The first-order valence-corrected chi connectivity index (χ1v) is 3.74. The summed E-state index contributed by atoms with van der Waals surface area (Å²) >= 11 is 5.45. The fourth-order valence-corrected chi connectivity index (χ4v) is 0.939. The zero-order chi connectivity index (χ0) is 10.0. The lowest BCUT2D eigenvalue weighted by atomic mass is 10.2. The molecule has 1 aromatic rings. The quantitative estimate of drug-likeness (QED) is 0.678. The Morgan fingerprint density at radius 2 is 1.85 bits per heavy atom. The number of methoxy groups -OCH3 is 1. The van der Waals surface area contributed by atoms with Crippen molar-refractivity contribution in [3.63, 3.8) is 0 Å². The molecule has 2 N–H and O–H groups in total. The van der Waals surface area contributed by atoms with E-state index in [0.29, 0.717) is 0 Å². The van der Waals surface area contributed by atoms with Crippen LogP contribution in [0.5, 0.6) is 11.5 Å². The molecular formula is C8H7ClO4. The van der Waals surface area contributed by atoms with E-state index in [0.717, 1.165) is 12.1 Å². The van der Waals surface area contributed by atoms with Crippen molar-refractivity contribution in [3.05, 3.63) is 22.7 Å². The first-order chi connectivity index (χ1) is 6.06. The van der Waals surface area contributed by atoms with Crippen LogP contribution in [0.3, 0.4) is 0 Å². The van der Waals surface area contributed by atoms with Crippen molar-refractivity contribution in [2.75, 3.05) is 7.11 Å². The van der Waals surface area contributed by atoms with Crippen LogP contribution in [0.25, 0.3) is 0 Å². The average molecular weight is 203 g/mol. The summed E-state index contributed by atoms with van der Waals surface area (Å²) in [4.78, 5) is 10.9. The Bertz CT molecular complexity index is 325. The first kappa shape index (κ1) is 9.67. The highest BCUT2D eigenvalue weighted by Crippen LogP contribution is 2.33. The van der Waals surface area contributed by atoms with Crippen LogP contribution >= 0.6 is 11.6 Å². The number of esters is 1. The van der Waals surface area contributed by atoms with Gasteiger partial charge in [-0.25, -0.2) is 4.79 Å². The van der Waals surface area contributed by atoms with Crippen LogP contribution < -0.4 is 0 Å². The summed E-state index contributed by atoms with van der Waals surface area (Å²) in [6, 6.07) is 2.24. The van der Waals surface area contributed by atoms with Gasteiger partial charge in [0.2, 0.25) is 0 Å². The van der Waals surface area contributed by atoms with E-state index in [4.69, 9.17) is 21.8 Å². The van der Waals surface area contributed by atoms with Crippen LogP contribution in [0.2, 0.25) is 5.02 Å². The van der Waals surface area contributed by atoms with Gasteiger partial charge in [-0.15, -0.1) is 0 Å². The van der Waals surface area contributed by atoms with Gasteiger partial charge in [0.25, 0.3) is 0 Å². The number of carbonyl (C=O) groups is 1. The third kappa shape index (κ3) is 1.84. The summed E-state index contributed by atoms with van der Waals surface area (Å²) in [6.45, 7) is 0. The Kier molecular flexibility index (Phi) is 2.63. The molecule has 0 unspecified atom stereocenters. The molecule has 70 valence electrons. The maximum atomic E-state index is 10.9. The molecule has 0 saturated carbocycles. The standard InChI is InChI=1S/C8H7ClO4/c1-13-8(12)4-2-5(10)7(9)6(11)3-4/h2-3,10-11H,1H3. The number of carbonyl (C=O) groups excluding carboxylic acids is 1. The van der Waals surface area contributed by atoms with Gasteiger partial charge in [-0.05, 0) is 12.1 Å². The number of halogens is 1. The van der Waals surface area contributed by atoms with Crippen LogP contribution in [0.1, 0.15) is 10.4 Å². The van der Waals surface area contributed by atoms with Gasteiger partial charge in [0.05, 0.1) is 12.7 Å². The molecule has 0 amide bonds. The van der Waals surface area contributed by atoms with Crippen molar-refractivity contribution < 1.29 is 19.7 Å². The highest BCUT2D eigenvalue weighted by atomic mass is 35.5. The predicted molar refractivity (Wildman–Crippen MR) is 46.1 cm³/mol. The van der Waals surface area contributed by atoms with Crippen molar-refractivity contribution in [3.8, 4) is 11.5 Å². The van der Waals surface area contributed by atoms with E-state index in [1.54, 1.807) is 0 Å². The molecule has 0 spiro atoms. The fourth-order valence-electron chi connectivity index (χ4n) is 0.830. The summed E-state index contributed by atoms with van der Waals surface area (Å²) in [6.07, 6.45) is 0. The Morgan fingerprint density at radius 3 is 2.23 bits per heavy atom. The molecule has 0 saturated heterocycles. The number of benzene rings is 1. The Balaban J connectivity index is 3.20. The van der Waals surface area contributed by atoms with Crippen LogP contribution in [0.15, 0.2) is 12.1 Å². The summed E-state index contributed by atoms with van der Waals surface area (Å²) < 4.78 is 4.38. The molecule has 0 atom stereocenters. The van der Waals surface area contributed by atoms with Crippen molar-refractivity contribution in [1.29, 1.82) is 0 Å². The molecule has 13 heavy (non-hydrogen) atoms. The predicted octanol–water partition coefficient (Wildman–Crippen LogP) is 1.54. The maximum Gasteiger partial charge on any atom is 0.338 e. The number of hydrogen-bond donors (Lipinski definition) is 2. The molecule has 0 aliphatic heterocycles. The number of aromatic hydroxyl groups is 2. The van der Waals surface area contributed by atoms with Gasteiger partial charge >= 0.3 is 5.97 Å². The third-order valence-electron chi connectivity index (χ3n) is 1.46. The largest absolute Gasteiger partial charge is 0.506 e. The highest BCUT2D eigenvalue weighted by Gasteiger charge is 2.12. The normalized spacial score (nSPS) is 9.69. The highest BCUT2D eigenvalue weighted by molar-refractivity contribution is 6.33. The number of phenols is 2. The van der Waals surface area contributed by atoms with Crippen LogP contribution in [0.4, 0.5) is 0 Å². The van der Waals surface area contributed by atoms with Gasteiger partial charge < -0.3 is 14.9 Å². The van der Waals surface area contributed by atoms with Gasteiger partial charge in [0.15, 0.2) is 0 Å². The molecule has 0 bridgehead atoms. The minimum atomic E-state index is -0.651. The lowest BCUT2D eigenvalue weighted by molar-refractivity contribution is 0.0600. The minimum absolute atomic E-state index is 0.0434. The second-order valence-corrected chi connectivity index (χ2v) is 2.70. The van der Waals surface area contributed by atoms with Gasteiger partial charge in [-0.2, -0.15) is 0 Å². The summed E-state index contributed by atoms with van der Waals surface area (Å²) in [5.74, 6) is -1.37. The lowest BCUT2D eigenvalue weighted by Crippen LogP contribution is -2.00. The fraction of sp³-hybridized carbons (Fsp3) is 0.125. The first-order valence-electron chi connectivity index (χ1n) is 3.36. The van der Waals surface area contributed by atoms with Crippen molar-refractivity contribution in [2.24, 2.45) is 0 Å². The van der Waals surface area contributed by atoms with Crippen molar-refractivity contribution in [1.82, 2.24) is 0 Å². The summed E-state index contributed by atoms with van der Waals surface area (Å²) in [7, 11) is 1.20. The van der Waals surface area contributed by atoms with E-state index in [-0.39, 0.29) is 22.1 Å². The Morgan fingerprint density at radius 1 is 1.38 bits per heavy atom. The van der Waals surface area contributed by atoms with Crippen LogP contribution in [0, 0.1) is 0 Å². The molecule has 1 aromatic carbocycles. The molecule has 5 heteroatoms. The maximum absolute atomic E-state index is 10.9. The Hall–Kier alpha value is -1.42. The SMILES string of the molecule is COC(=O)c1cc(O)c(Cl)c(O)c1. The average Bonchev–Trinajstić information content (AvgIpc) is 2.12. The van der Waals surface area contributed by atoms with E-state index in [1.807, 2.05) is 0 Å². The molecule has 0 heterocycles. The molecule has 4 nitrogen and oxygen atoms in total. The lowest BCUT2D eigenvalue weighted by Gasteiger charge is -2.03. The third-order valence-corrected chi connectivity index (χ3v) is 1.84. The molecule has 0 aliphatic rings. The van der Waals surface area contributed by atoms with Crippen LogP contribution in [-0.2, 0) is 4.74 Å². The number of hydrogen-bond acceptors (Lipinski definition) is 4.